The highest BCUT2D eigenvalue weighted by atomic mass is 16.2. The van der Waals surface area contributed by atoms with Gasteiger partial charge in [-0.3, -0.25) is 9.78 Å². The van der Waals surface area contributed by atoms with Gasteiger partial charge in [0.1, 0.15) is 0 Å². The van der Waals surface area contributed by atoms with E-state index in [1.54, 1.807) is 24.5 Å². The van der Waals surface area contributed by atoms with Crippen molar-refractivity contribution in [2.75, 3.05) is 5.32 Å². The Hall–Kier alpha value is -1.42. The highest BCUT2D eigenvalue weighted by Crippen LogP contribution is 2.39. The molecule has 2 rings (SSSR count). The molecule has 1 aliphatic carbocycles. The first-order valence-electron chi connectivity index (χ1n) is 6.62. The van der Waals surface area contributed by atoms with Crippen LogP contribution in [0.25, 0.3) is 0 Å². The number of carbonyl (C=O) groups excluding carboxylic acids is 1. The number of aromatic nitrogens is 1. The third-order valence-electron chi connectivity index (χ3n) is 4.01. The van der Waals surface area contributed by atoms with Gasteiger partial charge in [-0.25, -0.2) is 0 Å². The van der Waals surface area contributed by atoms with Crippen molar-refractivity contribution in [1.82, 2.24) is 4.98 Å². The molecule has 18 heavy (non-hydrogen) atoms. The topological polar surface area (TPSA) is 68.0 Å². The summed E-state index contributed by atoms with van der Waals surface area (Å²) >= 11 is 0. The second kappa shape index (κ2) is 5.48. The molecule has 1 saturated carbocycles. The maximum absolute atomic E-state index is 12.5. The van der Waals surface area contributed by atoms with Gasteiger partial charge < -0.3 is 11.1 Å². The number of amides is 1. The predicted molar refractivity (Wildman–Crippen MR) is 72.0 cm³/mol. The smallest absolute Gasteiger partial charge is 0.232 e. The van der Waals surface area contributed by atoms with Gasteiger partial charge in [0.05, 0.1) is 5.41 Å². The van der Waals surface area contributed by atoms with Crippen LogP contribution in [0.15, 0.2) is 24.5 Å². The molecule has 0 aliphatic heterocycles. The summed E-state index contributed by atoms with van der Waals surface area (Å²) in [6, 6.07) is 3.49. The van der Waals surface area contributed by atoms with Crippen LogP contribution >= 0.6 is 0 Å². The van der Waals surface area contributed by atoms with E-state index in [2.05, 4.69) is 10.3 Å². The number of anilines is 1. The van der Waals surface area contributed by atoms with E-state index < -0.39 is 5.41 Å². The van der Waals surface area contributed by atoms with Crippen LogP contribution < -0.4 is 11.1 Å². The van der Waals surface area contributed by atoms with E-state index in [0.717, 1.165) is 31.4 Å². The van der Waals surface area contributed by atoms with Gasteiger partial charge in [0.25, 0.3) is 0 Å². The van der Waals surface area contributed by atoms with Crippen LogP contribution in [0.5, 0.6) is 0 Å². The van der Waals surface area contributed by atoms with Gasteiger partial charge >= 0.3 is 0 Å². The number of nitrogens with one attached hydrogen (secondary N) is 1. The number of nitrogens with two attached hydrogens (primary N) is 1. The van der Waals surface area contributed by atoms with Gasteiger partial charge in [-0.1, -0.05) is 19.3 Å². The third-order valence-corrected chi connectivity index (χ3v) is 4.01. The fourth-order valence-corrected chi connectivity index (χ4v) is 2.76. The van der Waals surface area contributed by atoms with Crippen molar-refractivity contribution in [3.05, 3.63) is 24.5 Å². The Morgan fingerprint density at radius 1 is 1.33 bits per heavy atom. The lowest BCUT2D eigenvalue weighted by molar-refractivity contribution is -0.128. The molecule has 1 atom stereocenters. The first kappa shape index (κ1) is 13.0. The van der Waals surface area contributed by atoms with Gasteiger partial charge in [-0.15, -0.1) is 0 Å². The summed E-state index contributed by atoms with van der Waals surface area (Å²) in [5, 5.41) is 2.97. The Morgan fingerprint density at radius 3 is 2.50 bits per heavy atom. The summed E-state index contributed by atoms with van der Waals surface area (Å²) < 4.78 is 0. The molecule has 98 valence electrons. The highest BCUT2D eigenvalue weighted by Gasteiger charge is 2.42. The minimum atomic E-state index is -0.401. The van der Waals surface area contributed by atoms with Crippen LogP contribution in [0.1, 0.15) is 39.0 Å². The molecule has 1 fully saturated rings. The molecule has 3 N–H and O–H groups in total. The lowest BCUT2D eigenvalue weighted by Gasteiger charge is -2.39. The number of pyridine rings is 1. The summed E-state index contributed by atoms with van der Waals surface area (Å²) in [7, 11) is 0. The molecular weight excluding hydrogens is 226 g/mol. The average molecular weight is 247 g/mol. The zero-order valence-electron chi connectivity index (χ0n) is 10.9. The van der Waals surface area contributed by atoms with Gasteiger partial charge in [0.2, 0.25) is 5.91 Å². The van der Waals surface area contributed by atoms with E-state index in [9.17, 15) is 4.79 Å². The second-order valence-electron chi connectivity index (χ2n) is 5.20. The summed E-state index contributed by atoms with van der Waals surface area (Å²) in [5.74, 6) is 0.0587. The zero-order chi connectivity index (χ0) is 13.0. The Morgan fingerprint density at radius 2 is 1.94 bits per heavy atom. The van der Waals surface area contributed by atoms with Crippen molar-refractivity contribution in [2.45, 2.75) is 45.1 Å². The maximum atomic E-state index is 12.5. The minimum Gasteiger partial charge on any atom is -0.327 e. The number of hydrogen-bond donors (Lipinski definition) is 2. The molecular formula is C14H21N3O. The van der Waals surface area contributed by atoms with Gasteiger partial charge in [-0.05, 0) is 31.9 Å². The lowest BCUT2D eigenvalue weighted by atomic mass is 9.69. The SMILES string of the molecule is CC(N)C1(C(=O)Nc2ccncc2)CCCCC1. The summed E-state index contributed by atoms with van der Waals surface area (Å²) in [6.07, 6.45) is 8.51. The van der Waals surface area contributed by atoms with Crippen LogP contribution in [0.2, 0.25) is 0 Å². The van der Waals surface area contributed by atoms with Gasteiger partial charge in [0.15, 0.2) is 0 Å². The van der Waals surface area contributed by atoms with Gasteiger partial charge in [0, 0.05) is 24.1 Å². The molecule has 1 unspecified atom stereocenters. The Balaban J connectivity index is 2.14. The van der Waals surface area contributed by atoms with Crippen molar-refractivity contribution >= 4 is 11.6 Å². The minimum absolute atomic E-state index is 0.0587. The highest BCUT2D eigenvalue weighted by molar-refractivity contribution is 5.95. The maximum Gasteiger partial charge on any atom is 0.232 e. The Bertz CT molecular complexity index is 397. The lowest BCUT2D eigenvalue weighted by Crippen LogP contribution is -2.49. The number of hydrogen-bond acceptors (Lipinski definition) is 3. The second-order valence-corrected chi connectivity index (χ2v) is 5.20. The molecule has 1 aromatic rings. The van der Waals surface area contributed by atoms with Crippen LogP contribution in [0, 0.1) is 5.41 Å². The van der Waals surface area contributed by atoms with Crippen LogP contribution in [-0.4, -0.2) is 16.9 Å². The molecule has 0 aromatic carbocycles. The standard InChI is InChI=1S/C14H21N3O/c1-11(15)14(7-3-2-4-8-14)13(18)17-12-5-9-16-10-6-12/h5-6,9-11H,2-4,7-8,15H2,1H3,(H,16,17,18). The van der Waals surface area contributed by atoms with E-state index in [1.807, 2.05) is 6.92 Å². The van der Waals surface area contributed by atoms with E-state index in [0.29, 0.717) is 0 Å². The molecule has 0 radical (unpaired) electrons. The first-order valence-corrected chi connectivity index (χ1v) is 6.62. The molecule has 4 heteroatoms. The normalized spacial score (nSPS) is 20.1. The molecule has 1 aliphatic rings. The zero-order valence-corrected chi connectivity index (χ0v) is 10.9. The largest absolute Gasteiger partial charge is 0.327 e. The fourth-order valence-electron chi connectivity index (χ4n) is 2.76. The quantitative estimate of drug-likeness (QED) is 0.861. The van der Waals surface area contributed by atoms with Crippen molar-refractivity contribution in [3.8, 4) is 0 Å². The molecule has 4 nitrogen and oxygen atoms in total. The van der Waals surface area contributed by atoms with Crippen LogP contribution in [-0.2, 0) is 4.79 Å². The predicted octanol–water partition coefficient (Wildman–Crippen LogP) is 2.32. The van der Waals surface area contributed by atoms with E-state index in [4.69, 9.17) is 5.73 Å². The molecule has 1 aromatic heterocycles. The summed E-state index contributed by atoms with van der Waals surface area (Å²) in [5.41, 5.74) is 6.47. The molecule has 0 saturated heterocycles. The summed E-state index contributed by atoms with van der Waals surface area (Å²) in [6.45, 7) is 1.94. The van der Waals surface area contributed by atoms with Crippen molar-refractivity contribution in [3.63, 3.8) is 0 Å². The Labute approximate surface area is 108 Å². The van der Waals surface area contributed by atoms with Crippen molar-refractivity contribution in [2.24, 2.45) is 11.1 Å². The van der Waals surface area contributed by atoms with E-state index in [1.165, 1.54) is 6.42 Å². The Kier molecular flexibility index (Phi) is 3.97. The van der Waals surface area contributed by atoms with Gasteiger partial charge in [-0.2, -0.15) is 0 Å². The third kappa shape index (κ3) is 2.53. The molecule has 1 heterocycles. The fraction of sp³-hybridized carbons (Fsp3) is 0.571. The summed E-state index contributed by atoms with van der Waals surface area (Å²) in [4.78, 5) is 16.5. The van der Waals surface area contributed by atoms with Crippen LogP contribution in [0.3, 0.4) is 0 Å². The number of nitrogens with zero attached hydrogens (tertiary/aromatic N) is 1. The number of rotatable bonds is 3. The van der Waals surface area contributed by atoms with E-state index >= 15 is 0 Å². The van der Waals surface area contributed by atoms with Crippen LogP contribution in [0.4, 0.5) is 5.69 Å². The monoisotopic (exact) mass is 247 g/mol. The molecule has 1 amide bonds. The van der Waals surface area contributed by atoms with E-state index in [-0.39, 0.29) is 11.9 Å². The number of carbonyl (C=O) groups is 1. The average Bonchev–Trinajstić information content (AvgIpc) is 2.40. The van der Waals surface area contributed by atoms with Crippen molar-refractivity contribution in [1.29, 1.82) is 0 Å². The molecule has 0 spiro atoms. The van der Waals surface area contributed by atoms with Crippen molar-refractivity contribution < 1.29 is 4.79 Å². The first-order chi connectivity index (χ1) is 8.65. The molecule has 0 bridgehead atoms.